The maximum absolute atomic E-state index is 10.6. The van der Waals surface area contributed by atoms with Gasteiger partial charge in [0.25, 0.3) is 0 Å². The SMILES string of the molecule is CC(CC(=O)O)C1CC12CCSCC2. The van der Waals surface area contributed by atoms with Crippen molar-refractivity contribution >= 4 is 17.7 Å². The van der Waals surface area contributed by atoms with Crippen molar-refractivity contribution in [3.63, 3.8) is 0 Å². The lowest BCUT2D eigenvalue weighted by molar-refractivity contribution is -0.138. The van der Waals surface area contributed by atoms with Gasteiger partial charge < -0.3 is 5.11 Å². The Morgan fingerprint density at radius 1 is 1.57 bits per heavy atom. The second-order valence-corrected chi connectivity index (χ2v) is 6.09. The maximum atomic E-state index is 10.6. The molecule has 2 atom stereocenters. The van der Waals surface area contributed by atoms with Gasteiger partial charge in [0.1, 0.15) is 0 Å². The van der Waals surface area contributed by atoms with E-state index >= 15 is 0 Å². The molecule has 2 unspecified atom stereocenters. The lowest BCUT2D eigenvalue weighted by Gasteiger charge is -2.23. The van der Waals surface area contributed by atoms with Crippen LogP contribution in [0.25, 0.3) is 0 Å². The largest absolute Gasteiger partial charge is 0.481 e. The fourth-order valence-corrected chi connectivity index (χ4v) is 4.26. The minimum absolute atomic E-state index is 0.361. The molecular formula is C11H18O2S. The number of hydrogen-bond donors (Lipinski definition) is 1. The standard InChI is InChI=1S/C11H18O2S/c1-8(6-10(12)13)9-7-11(9)2-4-14-5-3-11/h8-9H,2-7H2,1H3,(H,12,13). The summed E-state index contributed by atoms with van der Waals surface area (Å²) in [5, 5.41) is 8.74. The molecule has 2 fully saturated rings. The Hall–Kier alpha value is -0.180. The average molecular weight is 214 g/mol. The number of carbonyl (C=O) groups is 1. The van der Waals surface area contributed by atoms with Crippen LogP contribution < -0.4 is 0 Å². The van der Waals surface area contributed by atoms with E-state index in [0.29, 0.717) is 23.7 Å². The molecule has 0 aromatic heterocycles. The number of carboxylic acid groups (broad SMARTS) is 1. The minimum Gasteiger partial charge on any atom is -0.481 e. The van der Waals surface area contributed by atoms with Crippen LogP contribution in [0.5, 0.6) is 0 Å². The number of carboxylic acids is 1. The summed E-state index contributed by atoms with van der Waals surface area (Å²) >= 11 is 2.05. The lowest BCUT2D eigenvalue weighted by Crippen LogP contribution is -2.17. The molecule has 3 heteroatoms. The van der Waals surface area contributed by atoms with Gasteiger partial charge in [-0.25, -0.2) is 0 Å². The van der Waals surface area contributed by atoms with Crippen LogP contribution in [-0.2, 0) is 4.79 Å². The molecule has 1 heterocycles. The number of aliphatic carboxylic acids is 1. The second-order valence-electron chi connectivity index (χ2n) is 4.86. The summed E-state index contributed by atoms with van der Waals surface area (Å²) in [6, 6.07) is 0. The third kappa shape index (κ3) is 1.92. The minimum atomic E-state index is -0.635. The first-order valence-corrected chi connectivity index (χ1v) is 6.59. The molecule has 1 aliphatic carbocycles. The molecule has 1 saturated heterocycles. The molecule has 2 aliphatic rings. The molecule has 0 amide bonds. The van der Waals surface area contributed by atoms with Crippen LogP contribution >= 0.6 is 11.8 Å². The van der Waals surface area contributed by atoms with E-state index in [1.165, 1.54) is 30.8 Å². The van der Waals surface area contributed by atoms with Crippen LogP contribution in [0.4, 0.5) is 0 Å². The van der Waals surface area contributed by atoms with Gasteiger partial charge in [0.2, 0.25) is 0 Å². The van der Waals surface area contributed by atoms with Gasteiger partial charge in [-0.3, -0.25) is 4.79 Å². The molecule has 14 heavy (non-hydrogen) atoms. The van der Waals surface area contributed by atoms with E-state index in [1.54, 1.807) is 0 Å². The highest BCUT2D eigenvalue weighted by molar-refractivity contribution is 7.99. The van der Waals surface area contributed by atoms with Crippen LogP contribution in [0.15, 0.2) is 0 Å². The lowest BCUT2D eigenvalue weighted by atomic mass is 9.89. The van der Waals surface area contributed by atoms with E-state index in [4.69, 9.17) is 5.11 Å². The molecule has 0 aromatic carbocycles. The van der Waals surface area contributed by atoms with E-state index < -0.39 is 5.97 Å². The van der Waals surface area contributed by atoms with E-state index in [1.807, 2.05) is 11.8 Å². The zero-order valence-electron chi connectivity index (χ0n) is 8.66. The van der Waals surface area contributed by atoms with Crippen molar-refractivity contribution in [1.82, 2.24) is 0 Å². The van der Waals surface area contributed by atoms with E-state index in [-0.39, 0.29) is 0 Å². The molecule has 80 valence electrons. The number of rotatable bonds is 3. The van der Waals surface area contributed by atoms with Gasteiger partial charge >= 0.3 is 5.97 Å². The Kier molecular flexibility index (Phi) is 2.78. The van der Waals surface area contributed by atoms with Gasteiger partial charge in [0.15, 0.2) is 0 Å². The van der Waals surface area contributed by atoms with Gasteiger partial charge in [-0.15, -0.1) is 0 Å². The quantitative estimate of drug-likeness (QED) is 0.784. The predicted molar refractivity (Wildman–Crippen MR) is 58.5 cm³/mol. The molecular weight excluding hydrogens is 196 g/mol. The first-order valence-electron chi connectivity index (χ1n) is 5.44. The fourth-order valence-electron chi connectivity index (χ4n) is 2.95. The normalized spacial score (nSPS) is 31.4. The predicted octanol–water partition coefficient (Wildman–Crippen LogP) is 2.63. The third-order valence-corrected chi connectivity index (χ3v) is 4.91. The summed E-state index contributed by atoms with van der Waals surface area (Å²) in [6.07, 6.45) is 4.31. The summed E-state index contributed by atoms with van der Waals surface area (Å²) in [4.78, 5) is 10.6. The Morgan fingerprint density at radius 2 is 2.21 bits per heavy atom. The van der Waals surface area contributed by atoms with Gasteiger partial charge in [-0.05, 0) is 48.0 Å². The average Bonchev–Trinajstić information content (AvgIpc) is 2.80. The molecule has 2 nitrogen and oxygen atoms in total. The van der Waals surface area contributed by atoms with Gasteiger partial charge in [-0.2, -0.15) is 11.8 Å². The van der Waals surface area contributed by atoms with E-state index in [0.717, 1.165) is 0 Å². The Bertz CT molecular complexity index is 233. The molecule has 1 N–H and O–H groups in total. The monoisotopic (exact) mass is 214 g/mol. The Labute approximate surface area is 89.5 Å². The van der Waals surface area contributed by atoms with Crippen LogP contribution in [0.3, 0.4) is 0 Å². The summed E-state index contributed by atoms with van der Waals surface area (Å²) in [5.41, 5.74) is 0.570. The van der Waals surface area contributed by atoms with Crippen molar-refractivity contribution in [2.24, 2.45) is 17.3 Å². The molecule has 0 bridgehead atoms. The van der Waals surface area contributed by atoms with Crippen molar-refractivity contribution < 1.29 is 9.90 Å². The highest BCUT2D eigenvalue weighted by atomic mass is 32.2. The van der Waals surface area contributed by atoms with Crippen LogP contribution in [0.1, 0.15) is 32.6 Å². The molecule has 1 saturated carbocycles. The fraction of sp³-hybridized carbons (Fsp3) is 0.909. The van der Waals surface area contributed by atoms with Crippen LogP contribution in [0.2, 0.25) is 0 Å². The van der Waals surface area contributed by atoms with Crippen molar-refractivity contribution in [2.45, 2.75) is 32.6 Å². The number of thioether (sulfide) groups is 1. The zero-order chi connectivity index (χ0) is 10.2. The Balaban J connectivity index is 1.87. The first kappa shape index (κ1) is 10.3. The second kappa shape index (κ2) is 3.76. The molecule has 0 radical (unpaired) electrons. The van der Waals surface area contributed by atoms with Crippen molar-refractivity contribution in [3.8, 4) is 0 Å². The maximum Gasteiger partial charge on any atom is 0.303 e. The van der Waals surface area contributed by atoms with Crippen molar-refractivity contribution in [2.75, 3.05) is 11.5 Å². The molecule has 0 aromatic rings. The van der Waals surface area contributed by atoms with E-state index in [9.17, 15) is 4.79 Å². The zero-order valence-corrected chi connectivity index (χ0v) is 9.48. The van der Waals surface area contributed by atoms with Crippen molar-refractivity contribution in [3.05, 3.63) is 0 Å². The summed E-state index contributed by atoms with van der Waals surface area (Å²) < 4.78 is 0. The first-order chi connectivity index (χ1) is 6.64. The Morgan fingerprint density at radius 3 is 2.79 bits per heavy atom. The smallest absolute Gasteiger partial charge is 0.303 e. The third-order valence-electron chi connectivity index (χ3n) is 3.92. The molecule has 1 aliphatic heterocycles. The van der Waals surface area contributed by atoms with Gasteiger partial charge in [-0.1, -0.05) is 6.92 Å². The molecule has 1 spiro atoms. The summed E-state index contributed by atoms with van der Waals surface area (Å²) in [5.74, 6) is 3.03. The van der Waals surface area contributed by atoms with Gasteiger partial charge in [0, 0.05) is 6.42 Å². The summed E-state index contributed by atoms with van der Waals surface area (Å²) in [7, 11) is 0. The van der Waals surface area contributed by atoms with E-state index in [2.05, 4.69) is 6.92 Å². The highest BCUT2D eigenvalue weighted by Crippen LogP contribution is 2.63. The highest BCUT2D eigenvalue weighted by Gasteiger charge is 2.55. The van der Waals surface area contributed by atoms with Crippen molar-refractivity contribution in [1.29, 1.82) is 0 Å². The number of hydrogen-bond acceptors (Lipinski definition) is 2. The topological polar surface area (TPSA) is 37.3 Å². The van der Waals surface area contributed by atoms with Crippen LogP contribution in [-0.4, -0.2) is 22.6 Å². The van der Waals surface area contributed by atoms with Crippen LogP contribution in [0, 0.1) is 17.3 Å². The molecule has 2 rings (SSSR count). The summed E-state index contributed by atoms with van der Waals surface area (Å²) in [6.45, 7) is 2.11. The van der Waals surface area contributed by atoms with Gasteiger partial charge in [0.05, 0.1) is 0 Å².